The van der Waals surface area contributed by atoms with Crippen LogP contribution in [-0.4, -0.2) is 0 Å². The molecule has 0 saturated carbocycles. The van der Waals surface area contributed by atoms with Crippen LogP contribution in [0.3, 0.4) is 0 Å². The molecule has 0 atom stereocenters. The predicted molar refractivity (Wildman–Crippen MR) is 41.4 cm³/mol. The number of rotatable bonds is 3. The van der Waals surface area contributed by atoms with Gasteiger partial charge in [-0.05, 0) is 19.3 Å². The smallest absolute Gasteiger partial charge is 0 e. The Morgan fingerprint density at radius 2 is 2.00 bits per heavy atom. The average molecular weight is 372 g/mol. The summed E-state index contributed by atoms with van der Waals surface area (Å²) in [6.07, 6.45) is 11.8. The largest absolute Gasteiger partial charge is 1.00 e. The molecule has 0 aromatic heterocycles. The van der Waals surface area contributed by atoms with E-state index in [-0.39, 0.29) is 50.7 Å². The van der Waals surface area contributed by atoms with Crippen LogP contribution in [0.4, 0.5) is 0 Å². The number of unbranched alkanes of at least 4 members (excludes halogenated alkanes) is 1. The van der Waals surface area contributed by atoms with Gasteiger partial charge in [0, 0.05) is 25.8 Å². The molecule has 0 amide bonds. The molecule has 0 radical (unpaired) electrons. The molecule has 0 heterocycles. The molecule has 0 nitrogen and oxygen atoms in total. The van der Waals surface area contributed by atoms with Crippen LogP contribution in [0.1, 0.15) is 32.6 Å². The molecule has 0 aromatic rings. The molecular formula is C9H14Cl2Hf-2. The van der Waals surface area contributed by atoms with E-state index in [0.29, 0.717) is 0 Å². The standard InChI is InChI=1S/C9H14.2ClH.Hf/c1-2-3-6-9-7-4-5-8-9;;;/h4-5,7H,2-3,6,8H2,1H3;2*1H;/p-2. The van der Waals surface area contributed by atoms with Crippen LogP contribution in [0.25, 0.3) is 0 Å². The van der Waals surface area contributed by atoms with Gasteiger partial charge in [0.05, 0.1) is 0 Å². The van der Waals surface area contributed by atoms with Crippen LogP contribution in [0, 0.1) is 0 Å². The molecule has 0 saturated heterocycles. The average Bonchev–Trinajstić information content (AvgIpc) is 2.34. The SMILES string of the molecule is CCCCC1=CC=CC1.[Cl-].[Cl-].[Hf]. The Balaban J connectivity index is -0.000000270. The second-order valence-corrected chi connectivity index (χ2v) is 2.56. The third-order valence-electron chi connectivity index (χ3n) is 1.70. The molecule has 0 aromatic carbocycles. The zero-order valence-electron chi connectivity index (χ0n) is 7.32. The van der Waals surface area contributed by atoms with Crippen molar-refractivity contribution in [3.8, 4) is 0 Å². The van der Waals surface area contributed by atoms with E-state index in [0.717, 1.165) is 0 Å². The molecule has 0 bridgehead atoms. The fourth-order valence-electron chi connectivity index (χ4n) is 1.08. The molecule has 12 heavy (non-hydrogen) atoms. The summed E-state index contributed by atoms with van der Waals surface area (Å²) in [4.78, 5) is 0. The van der Waals surface area contributed by atoms with Gasteiger partial charge in [-0.3, -0.25) is 0 Å². The van der Waals surface area contributed by atoms with E-state index in [9.17, 15) is 0 Å². The van der Waals surface area contributed by atoms with E-state index in [2.05, 4.69) is 25.2 Å². The second kappa shape index (κ2) is 11.9. The van der Waals surface area contributed by atoms with Crippen molar-refractivity contribution in [2.75, 3.05) is 0 Å². The van der Waals surface area contributed by atoms with E-state index in [4.69, 9.17) is 0 Å². The van der Waals surface area contributed by atoms with Crippen molar-refractivity contribution < 1.29 is 50.7 Å². The van der Waals surface area contributed by atoms with Gasteiger partial charge in [0.15, 0.2) is 0 Å². The number of halogens is 2. The molecule has 3 heteroatoms. The first-order chi connectivity index (χ1) is 4.43. The zero-order valence-corrected chi connectivity index (χ0v) is 12.4. The van der Waals surface area contributed by atoms with Gasteiger partial charge in [0.1, 0.15) is 0 Å². The monoisotopic (exact) mass is 372 g/mol. The summed E-state index contributed by atoms with van der Waals surface area (Å²) in [5.74, 6) is 0. The van der Waals surface area contributed by atoms with Crippen LogP contribution < -0.4 is 24.8 Å². The minimum Gasteiger partial charge on any atom is -1.00 e. The summed E-state index contributed by atoms with van der Waals surface area (Å²) in [7, 11) is 0. The Kier molecular flexibility index (Phi) is 18.6. The summed E-state index contributed by atoms with van der Waals surface area (Å²) in [5, 5.41) is 0. The van der Waals surface area contributed by atoms with E-state index in [1.165, 1.54) is 25.7 Å². The molecule has 0 aliphatic heterocycles. The van der Waals surface area contributed by atoms with Crippen LogP contribution in [-0.2, 0) is 25.8 Å². The van der Waals surface area contributed by atoms with Crippen molar-refractivity contribution in [2.45, 2.75) is 32.6 Å². The zero-order chi connectivity index (χ0) is 6.53. The Labute approximate surface area is 106 Å². The van der Waals surface area contributed by atoms with E-state index in [1.807, 2.05) is 0 Å². The van der Waals surface area contributed by atoms with Crippen LogP contribution in [0.15, 0.2) is 23.8 Å². The van der Waals surface area contributed by atoms with Gasteiger partial charge in [-0.25, -0.2) is 0 Å². The number of hydrogen-bond donors (Lipinski definition) is 0. The molecule has 0 N–H and O–H groups in total. The van der Waals surface area contributed by atoms with Gasteiger partial charge < -0.3 is 24.8 Å². The van der Waals surface area contributed by atoms with Crippen molar-refractivity contribution in [3.05, 3.63) is 23.8 Å². The van der Waals surface area contributed by atoms with Gasteiger partial charge in [0.25, 0.3) is 0 Å². The van der Waals surface area contributed by atoms with Crippen molar-refractivity contribution in [1.29, 1.82) is 0 Å². The summed E-state index contributed by atoms with van der Waals surface area (Å²) in [6.45, 7) is 2.24. The predicted octanol–water partition coefficient (Wildman–Crippen LogP) is -2.93. The molecule has 1 aliphatic carbocycles. The van der Waals surface area contributed by atoms with E-state index >= 15 is 0 Å². The quantitative estimate of drug-likeness (QED) is 0.466. The van der Waals surface area contributed by atoms with E-state index in [1.54, 1.807) is 5.57 Å². The minimum absolute atomic E-state index is 0. The normalized spacial score (nSPS) is 12.2. The first kappa shape index (κ1) is 18.7. The molecule has 1 aliphatic rings. The number of allylic oxidation sites excluding steroid dienone is 4. The Hall–Kier alpha value is 0.930. The maximum Gasteiger partial charge on any atom is 0 e. The topological polar surface area (TPSA) is 0 Å². The van der Waals surface area contributed by atoms with Crippen molar-refractivity contribution in [2.24, 2.45) is 0 Å². The van der Waals surface area contributed by atoms with Gasteiger partial charge in [-0.2, -0.15) is 0 Å². The van der Waals surface area contributed by atoms with Crippen LogP contribution in [0.5, 0.6) is 0 Å². The third-order valence-corrected chi connectivity index (χ3v) is 1.70. The Morgan fingerprint density at radius 1 is 1.33 bits per heavy atom. The Morgan fingerprint density at radius 3 is 2.42 bits per heavy atom. The van der Waals surface area contributed by atoms with Crippen LogP contribution >= 0.6 is 0 Å². The fourth-order valence-corrected chi connectivity index (χ4v) is 1.08. The van der Waals surface area contributed by atoms with Gasteiger partial charge in [0.2, 0.25) is 0 Å². The van der Waals surface area contributed by atoms with Gasteiger partial charge >= 0.3 is 0 Å². The third kappa shape index (κ3) is 7.57. The molecular weight excluding hydrogens is 357 g/mol. The number of hydrogen-bond acceptors (Lipinski definition) is 0. The molecule has 0 spiro atoms. The Bertz CT molecular complexity index is 141. The summed E-state index contributed by atoms with van der Waals surface area (Å²) < 4.78 is 0. The van der Waals surface area contributed by atoms with Crippen LogP contribution in [0.2, 0.25) is 0 Å². The van der Waals surface area contributed by atoms with Crippen molar-refractivity contribution >= 4 is 0 Å². The summed E-state index contributed by atoms with van der Waals surface area (Å²) in [6, 6.07) is 0. The summed E-state index contributed by atoms with van der Waals surface area (Å²) in [5.41, 5.74) is 1.61. The molecule has 0 unspecified atom stereocenters. The van der Waals surface area contributed by atoms with Gasteiger partial charge in [-0.15, -0.1) is 0 Å². The summed E-state index contributed by atoms with van der Waals surface area (Å²) >= 11 is 0. The fraction of sp³-hybridized carbons (Fsp3) is 0.556. The second-order valence-electron chi connectivity index (χ2n) is 2.56. The maximum atomic E-state index is 2.25. The molecule has 1 rings (SSSR count). The maximum absolute atomic E-state index is 2.25. The molecule has 0 fully saturated rings. The molecule has 70 valence electrons. The van der Waals surface area contributed by atoms with Crippen molar-refractivity contribution in [3.63, 3.8) is 0 Å². The van der Waals surface area contributed by atoms with Crippen molar-refractivity contribution in [1.82, 2.24) is 0 Å². The first-order valence-corrected chi connectivity index (χ1v) is 3.78. The first-order valence-electron chi connectivity index (χ1n) is 3.78. The van der Waals surface area contributed by atoms with E-state index < -0.39 is 0 Å². The van der Waals surface area contributed by atoms with Gasteiger partial charge in [-0.1, -0.05) is 37.1 Å². The minimum atomic E-state index is 0.